The number of rotatable bonds is 10. The molecule has 210 valence electrons. The number of benzene rings is 3. The van der Waals surface area contributed by atoms with Gasteiger partial charge in [0.15, 0.2) is 11.6 Å². The third-order valence-electron chi connectivity index (χ3n) is 6.04. The molecule has 0 aliphatic carbocycles. The summed E-state index contributed by atoms with van der Waals surface area (Å²) in [5.74, 6) is 0.847. The summed E-state index contributed by atoms with van der Waals surface area (Å²) in [5.41, 5.74) is 3.13. The first-order valence-corrected chi connectivity index (χ1v) is 13.8. The lowest BCUT2D eigenvalue weighted by atomic mass is 10.2. The van der Waals surface area contributed by atoms with Crippen LogP contribution in [0.3, 0.4) is 0 Å². The lowest BCUT2D eigenvalue weighted by molar-refractivity contribution is -0.115. The maximum atomic E-state index is 13.5. The molecule has 0 atom stereocenters. The first-order valence-electron chi connectivity index (χ1n) is 12.3. The van der Waals surface area contributed by atoms with Gasteiger partial charge in [-0.3, -0.25) is 9.52 Å². The molecule has 0 saturated heterocycles. The van der Waals surface area contributed by atoms with Crippen LogP contribution in [-0.2, 0) is 21.2 Å². The Labute approximate surface area is 235 Å². The minimum Gasteiger partial charge on any atom is -0.497 e. The highest BCUT2D eigenvalue weighted by atomic mass is 32.2. The number of carbonyl (C=O) groups excluding carboxylic acids is 1. The molecule has 13 heteroatoms. The summed E-state index contributed by atoms with van der Waals surface area (Å²) in [4.78, 5) is 21.6. The Morgan fingerprint density at radius 3 is 2.20 bits per heavy atom. The van der Waals surface area contributed by atoms with E-state index in [1.54, 1.807) is 49.4 Å². The van der Waals surface area contributed by atoms with Crippen molar-refractivity contribution in [2.24, 2.45) is 0 Å². The number of hydrogen-bond donors (Lipinski definition) is 3. The molecular formula is C28H26N6O6S. The maximum Gasteiger partial charge on any atom is 0.263 e. The summed E-state index contributed by atoms with van der Waals surface area (Å²) >= 11 is 0. The number of amides is 1. The van der Waals surface area contributed by atoms with Gasteiger partial charge in [0.2, 0.25) is 5.91 Å². The number of ether oxygens (including phenoxy) is 2. The van der Waals surface area contributed by atoms with Gasteiger partial charge in [0.25, 0.3) is 10.0 Å². The van der Waals surface area contributed by atoms with Gasteiger partial charge in [-0.1, -0.05) is 23.4 Å². The van der Waals surface area contributed by atoms with Crippen molar-refractivity contribution < 1.29 is 27.2 Å². The van der Waals surface area contributed by atoms with E-state index in [-0.39, 0.29) is 28.9 Å². The zero-order valence-corrected chi connectivity index (χ0v) is 23.2. The van der Waals surface area contributed by atoms with Crippen LogP contribution >= 0.6 is 0 Å². The smallest absolute Gasteiger partial charge is 0.263 e. The van der Waals surface area contributed by atoms with E-state index in [0.717, 1.165) is 0 Å². The number of methoxy groups -OCH3 is 2. The van der Waals surface area contributed by atoms with E-state index in [9.17, 15) is 13.2 Å². The summed E-state index contributed by atoms with van der Waals surface area (Å²) in [6.07, 6.45) is 1.43. The largest absolute Gasteiger partial charge is 0.497 e. The van der Waals surface area contributed by atoms with Gasteiger partial charge < -0.3 is 24.6 Å². The monoisotopic (exact) mass is 574 g/mol. The summed E-state index contributed by atoms with van der Waals surface area (Å²) in [7, 11) is -1.10. The summed E-state index contributed by atoms with van der Waals surface area (Å²) in [6.45, 7) is 1.73. The van der Waals surface area contributed by atoms with Crippen molar-refractivity contribution >= 4 is 50.0 Å². The number of nitrogens with one attached hydrogen (secondary N) is 3. The topological polar surface area (TPSA) is 158 Å². The number of nitrogens with zero attached hydrogens (tertiary/aromatic N) is 3. The van der Waals surface area contributed by atoms with Crippen molar-refractivity contribution in [3.05, 3.63) is 84.3 Å². The molecular weight excluding hydrogens is 548 g/mol. The van der Waals surface area contributed by atoms with Gasteiger partial charge in [-0.05, 0) is 37.3 Å². The highest BCUT2D eigenvalue weighted by Gasteiger charge is 2.20. The molecule has 12 nitrogen and oxygen atoms in total. The number of sulfonamides is 1. The Hall–Kier alpha value is -5.17. The molecule has 0 fully saturated rings. The van der Waals surface area contributed by atoms with E-state index in [2.05, 4.69) is 30.5 Å². The van der Waals surface area contributed by atoms with Gasteiger partial charge in [0, 0.05) is 35.1 Å². The van der Waals surface area contributed by atoms with E-state index >= 15 is 0 Å². The van der Waals surface area contributed by atoms with Gasteiger partial charge in [-0.25, -0.2) is 18.4 Å². The van der Waals surface area contributed by atoms with Crippen molar-refractivity contribution in [3.8, 4) is 11.5 Å². The molecule has 41 heavy (non-hydrogen) atoms. The first kappa shape index (κ1) is 27.4. The summed E-state index contributed by atoms with van der Waals surface area (Å²) in [5, 5.41) is 9.59. The van der Waals surface area contributed by atoms with E-state index in [0.29, 0.717) is 45.2 Å². The minimum atomic E-state index is -4.16. The Balaban J connectivity index is 1.44. The van der Waals surface area contributed by atoms with Gasteiger partial charge in [0.1, 0.15) is 17.8 Å². The molecule has 2 heterocycles. The number of hydrogen-bond acceptors (Lipinski definition) is 10. The Bertz CT molecular complexity index is 1820. The normalized spacial score (nSPS) is 11.2. The van der Waals surface area contributed by atoms with E-state index in [1.807, 2.05) is 6.07 Å². The lowest BCUT2D eigenvalue weighted by Gasteiger charge is -2.15. The Morgan fingerprint density at radius 1 is 0.878 bits per heavy atom. The predicted octanol–water partition coefficient (Wildman–Crippen LogP) is 4.67. The van der Waals surface area contributed by atoms with Crippen LogP contribution in [0.2, 0.25) is 0 Å². The SMILES string of the molecule is COc1cc(Nc2nc3ccccc3nc2NS(=O)(=O)c2cccc(NC(=O)Cc3conc3C)c2)cc(OC)c1. The van der Waals surface area contributed by atoms with Gasteiger partial charge in [-0.2, -0.15) is 0 Å². The number of para-hydroxylation sites is 2. The molecule has 0 unspecified atom stereocenters. The molecule has 5 rings (SSSR count). The molecule has 0 aliphatic rings. The van der Waals surface area contributed by atoms with Crippen molar-refractivity contribution in [1.29, 1.82) is 0 Å². The summed E-state index contributed by atoms with van der Waals surface area (Å²) < 4.78 is 45.1. The molecule has 0 radical (unpaired) electrons. The van der Waals surface area contributed by atoms with E-state index in [4.69, 9.17) is 14.0 Å². The fourth-order valence-corrected chi connectivity index (χ4v) is 5.02. The third-order valence-corrected chi connectivity index (χ3v) is 7.38. The molecule has 0 saturated carbocycles. The van der Waals surface area contributed by atoms with Crippen LogP contribution in [0.5, 0.6) is 11.5 Å². The van der Waals surface area contributed by atoms with Gasteiger partial charge in [-0.15, -0.1) is 0 Å². The zero-order chi connectivity index (χ0) is 29.0. The van der Waals surface area contributed by atoms with Gasteiger partial charge >= 0.3 is 0 Å². The molecule has 3 aromatic carbocycles. The second-order valence-electron chi connectivity index (χ2n) is 8.92. The second-order valence-corrected chi connectivity index (χ2v) is 10.6. The average molecular weight is 575 g/mol. The molecule has 5 aromatic rings. The highest BCUT2D eigenvalue weighted by Crippen LogP contribution is 2.31. The van der Waals surface area contributed by atoms with Crippen molar-refractivity contribution in [1.82, 2.24) is 15.1 Å². The number of carbonyl (C=O) groups is 1. The zero-order valence-electron chi connectivity index (χ0n) is 22.3. The minimum absolute atomic E-state index is 0.0251. The molecule has 0 spiro atoms. The predicted molar refractivity (Wildman–Crippen MR) is 153 cm³/mol. The Kier molecular flexibility index (Phi) is 7.70. The fraction of sp³-hybridized carbons (Fsp3) is 0.143. The molecule has 0 bridgehead atoms. The third kappa shape index (κ3) is 6.36. The summed E-state index contributed by atoms with van der Waals surface area (Å²) in [6, 6.07) is 18.1. The van der Waals surface area contributed by atoms with Crippen LogP contribution in [0.15, 0.2) is 82.4 Å². The number of aryl methyl sites for hydroxylation is 1. The Morgan fingerprint density at radius 2 is 1.56 bits per heavy atom. The lowest BCUT2D eigenvalue weighted by Crippen LogP contribution is -2.17. The van der Waals surface area contributed by atoms with Crippen LogP contribution < -0.4 is 24.8 Å². The molecule has 3 N–H and O–H groups in total. The number of anilines is 4. The highest BCUT2D eigenvalue weighted by molar-refractivity contribution is 7.92. The van der Waals surface area contributed by atoms with Crippen LogP contribution in [0.1, 0.15) is 11.3 Å². The van der Waals surface area contributed by atoms with Crippen LogP contribution in [0, 0.1) is 6.92 Å². The van der Waals surface area contributed by atoms with E-state index < -0.39 is 10.0 Å². The number of aromatic nitrogens is 3. The first-order chi connectivity index (χ1) is 19.7. The maximum absolute atomic E-state index is 13.5. The van der Waals surface area contributed by atoms with Gasteiger partial charge in [0.05, 0.1) is 42.3 Å². The fourth-order valence-electron chi connectivity index (χ4n) is 3.96. The number of fused-ring (bicyclic) bond motifs is 1. The molecule has 2 aromatic heterocycles. The van der Waals surface area contributed by atoms with Crippen molar-refractivity contribution in [3.63, 3.8) is 0 Å². The second kappa shape index (κ2) is 11.5. The van der Waals surface area contributed by atoms with Crippen LogP contribution in [0.25, 0.3) is 11.0 Å². The standard InChI is InChI=1S/C28H26N6O6S/c1-17-18(16-40-33-17)11-26(35)29-19-7-6-8-23(14-19)41(36,37)34-28-27(31-24-9-4-5-10-25(24)32-28)30-20-12-21(38-2)15-22(13-20)39-3/h4-10,12-16H,11H2,1-3H3,(H,29,35)(H,30,31)(H,32,34). The quantitative estimate of drug-likeness (QED) is 0.214. The molecule has 0 aliphatic heterocycles. The van der Waals surface area contributed by atoms with Crippen molar-refractivity contribution in [2.75, 3.05) is 29.6 Å². The van der Waals surface area contributed by atoms with E-state index in [1.165, 1.54) is 38.7 Å². The van der Waals surface area contributed by atoms with Crippen molar-refractivity contribution in [2.45, 2.75) is 18.2 Å². The average Bonchev–Trinajstić information content (AvgIpc) is 3.36. The molecule has 1 amide bonds. The van der Waals surface area contributed by atoms with Crippen LogP contribution in [-0.4, -0.2) is 43.7 Å². The van der Waals surface area contributed by atoms with Crippen LogP contribution in [0.4, 0.5) is 23.0 Å².